The van der Waals surface area contributed by atoms with Gasteiger partial charge in [0, 0.05) is 15.6 Å². The van der Waals surface area contributed by atoms with E-state index in [1.54, 1.807) is 28.9 Å². The SMILES string of the molecule is Clc1ccc(-c2nnc(CSc3nnnn3-c3cccc(Cl)c3)o2)cc1. The van der Waals surface area contributed by atoms with Gasteiger partial charge in [0.15, 0.2) is 0 Å². The number of benzene rings is 2. The molecule has 2 heterocycles. The van der Waals surface area contributed by atoms with Crippen LogP contribution in [-0.2, 0) is 5.75 Å². The highest BCUT2D eigenvalue weighted by atomic mass is 35.5. The Bertz CT molecular complexity index is 1030. The molecular weight excluding hydrogens is 395 g/mol. The molecule has 0 bridgehead atoms. The highest BCUT2D eigenvalue weighted by molar-refractivity contribution is 7.98. The fraction of sp³-hybridized carbons (Fsp3) is 0.0625. The smallest absolute Gasteiger partial charge is 0.247 e. The molecule has 4 aromatic rings. The van der Waals surface area contributed by atoms with Crippen molar-refractivity contribution < 1.29 is 4.42 Å². The van der Waals surface area contributed by atoms with E-state index in [9.17, 15) is 0 Å². The molecule has 4 rings (SSSR count). The van der Waals surface area contributed by atoms with Crippen molar-refractivity contribution in [2.75, 3.05) is 0 Å². The number of rotatable bonds is 5. The highest BCUT2D eigenvalue weighted by Crippen LogP contribution is 2.25. The van der Waals surface area contributed by atoms with Crippen LogP contribution in [0.5, 0.6) is 0 Å². The van der Waals surface area contributed by atoms with Crippen LogP contribution in [0.3, 0.4) is 0 Å². The average Bonchev–Trinajstić information content (AvgIpc) is 3.30. The second-order valence-electron chi connectivity index (χ2n) is 5.15. The van der Waals surface area contributed by atoms with Crippen molar-refractivity contribution in [1.29, 1.82) is 0 Å². The Morgan fingerprint density at radius 3 is 2.62 bits per heavy atom. The van der Waals surface area contributed by atoms with E-state index in [1.807, 2.05) is 24.3 Å². The molecule has 2 aromatic heterocycles. The average molecular weight is 405 g/mol. The number of thioether (sulfide) groups is 1. The van der Waals surface area contributed by atoms with Crippen LogP contribution in [0.25, 0.3) is 17.1 Å². The lowest BCUT2D eigenvalue weighted by molar-refractivity contribution is 0.528. The quantitative estimate of drug-likeness (QED) is 0.458. The normalized spacial score (nSPS) is 11.0. The maximum atomic E-state index is 6.03. The van der Waals surface area contributed by atoms with E-state index in [4.69, 9.17) is 27.6 Å². The topological polar surface area (TPSA) is 82.5 Å². The summed E-state index contributed by atoms with van der Waals surface area (Å²) in [5, 5.41) is 21.7. The predicted octanol–water partition coefficient (Wildman–Crippen LogP) is 4.31. The van der Waals surface area contributed by atoms with Crippen molar-refractivity contribution >= 4 is 35.0 Å². The largest absolute Gasteiger partial charge is 0.420 e. The summed E-state index contributed by atoms with van der Waals surface area (Å²) in [6.45, 7) is 0. The fourth-order valence-electron chi connectivity index (χ4n) is 2.19. The monoisotopic (exact) mass is 404 g/mol. The van der Waals surface area contributed by atoms with Gasteiger partial charge in [-0.25, -0.2) is 0 Å². The van der Waals surface area contributed by atoms with Crippen LogP contribution in [0.4, 0.5) is 0 Å². The molecule has 0 aliphatic rings. The molecular formula is C16H10Cl2N6OS. The molecule has 0 unspecified atom stereocenters. The maximum Gasteiger partial charge on any atom is 0.247 e. The van der Waals surface area contributed by atoms with Crippen LogP contribution in [0.1, 0.15) is 5.89 Å². The molecule has 0 amide bonds. The first kappa shape index (κ1) is 17.0. The molecule has 10 heteroatoms. The van der Waals surface area contributed by atoms with Crippen LogP contribution in [0.2, 0.25) is 10.0 Å². The van der Waals surface area contributed by atoms with Crippen molar-refractivity contribution in [3.63, 3.8) is 0 Å². The third kappa shape index (κ3) is 3.72. The van der Waals surface area contributed by atoms with Gasteiger partial charge < -0.3 is 4.42 Å². The predicted molar refractivity (Wildman–Crippen MR) is 98.5 cm³/mol. The molecule has 0 aliphatic heterocycles. The van der Waals surface area contributed by atoms with Crippen LogP contribution >= 0.6 is 35.0 Å². The molecule has 130 valence electrons. The first-order valence-electron chi connectivity index (χ1n) is 7.44. The van der Waals surface area contributed by atoms with Gasteiger partial charge in [-0.15, -0.1) is 15.3 Å². The van der Waals surface area contributed by atoms with Gasteiger partial charge in [0.1, 0.15) is 0 Å². The molecule has 26 heavy (non-hydrogen) atoms. The van der Waals surface area contributed by atoms with E-state index < -0.39 is 0 Å². The van der Waals surface area contributed by atoms with Crippen molar-refractivity contribution in [2.45, 2.75) is 10.9 Å². The zero-order valence-electron chi connectivity index (χ0n) is 13.1. The standard InChI is InChI=1S/C16H10Cl2N6OS/c17-11-6-4-10(5-7-11)15-20-19-14(25-15)9-26-16-21-22-23-24(16)13-3-1-2-12(18)8-13/h1-8H,9H2. The second-order valence-corrected chi connectivity index (χ2v) is 6.97. The molecule has 0 radical (unpaired) electrons. The molecule has 7 nitrogen and oxygen atoms in total. The lowest BCUT2D eigenvalue weighted by Crippen LogP contribution is -1.99. The van der Waals surface area contributed by atoms with Crippen molar-refractivity contribution in [1.82, 2.24) is 30.4 Å². The lowest BCUT2D eigenvalue weighted by Gasteiger charge is -2.03. The third-order valence-electron chi connectivity index (χ3n) is 3.38. The van der Waals surface area contributed by atoms with Gasteiger partial charge in [0.05, 0.1) is 11.4 Å². The summed E-state index contributed by atoms with van der Waals surface area (Å²) in [5.41, 5.74) is 1.58. The number of nitrogens with zero attached hydrogens (tertiary/aromatic N) is 6. The molecule has 0 saturated carbocycles. The van der Waals surface area contributed by atoms with E-state index >= 15 is 0 Å². The molecule has 0 aliphatic carbocycles. The Morgan fingerprint density at radius 1 is 0.962 bits per heavy atom. The summed E-state index contributed by atoms with van der Waals surface area (Å²) in [5.74, 6) is 1.34. The first-order chi connectivity index (χ1) is 12.7. The van der Waals surface area contributed by atoms with Crippen LogP contribution in [0, 0.1) is 0 Å². The summed E-state index contributed by atoms with van der Waals surface area (Å²) in [6.07, 6.45) is 0. The number of aromatic nitrogens is 6. The Kier molecular flexibility index (Phi) is 4.87. The summed E-state index contributed by atoms with van der Waals surface area (Å²) in [4.78, 5) is 0. The minimum atomic E-state index is 0.432. The van der Waals surface area contributed by atoms with Crippen molar-refractivity contribution in [3.05, 3.63) is 64.5 Å². The Labute approximate surface area is 162 Å². The molecule has 0 fully saturated rings. The number of halogens is 2. The molecule has 0 saturated heterocycles. The summed E-state index contributed by atoms with van der Waals surface area (Å²) in [7, 11) is 0. The first-order valence-corrected chi connectivity index (χ1v) is 9.18. The zero-order valence-corrected chi connectivity index (χ0v) is 15.4. The van der Waals surface area contributed by atoms with Gasteiger partial charge in [0.2, 0.25) is 16.9 Å². The Morgan fingerprint density at radius 2 is 1.81 bits per heavy atom. The van der Waals surface area contributed by atoms with E-state index in [0.29, 0.717) is 32.7 Å². The second kappa shape index (κ2) is 7.45. The number of hydrogen-bond acceptors (Lipinski definition) is 7. The van der Waals surface area contributed by atoms with Gasteiger partial charge in [-0.3, -0.25) is 0 Å². The van der Waals surface area contributed by atoms with Crippen molar-refractivity contribution in [3.8, 4) is 17.1 Å². The van der Waals surface area contributed by atoms with Crippen LogP contribution < -0.4 is 0 Å². The molecule has 0 atom stereocenters. The van der Waals surface area contributed by atoms with Gasteiger partial charge in [-0.1, -0.05) is 41.0 Å². The minimum Gasteiger partial charge on any atom is -0.420 e. The van der Waals surface area contributed by atoms with Gasteiger partial charge in [-0.05, 0) is 52.9 Å². The Hall–Kier alpha value is -2.42. The Balaban J connectivity index is 1.49. The van der Waals surface area contributed by atoms with Gasteiger partial charge in [0.25, 0.3) is 0 Å². The summed E-state index contributed by atoms with van der Waals surface area (Å²) >= 11 is 13.3. The number of hydrogen-bond donors (Lipinski definition) is 0. The van der Waals surface area contributed by atoms with Gasteiger partial charge >= 0.3 is 0 Å². The van der Waals surface area contributed by atoms with Crippen LogP contribution in [-0.4, -0.2) is 30.4 Å². The third-order valence-corrected chi connectivity index (χ3v) is 4.77. The van der Waals surface area contributed by atoms with E-state index in [-0.39, 0.29) is 0 Å². The fourth-order valence-corrected chi connectivity index (χ4v) is 3.22. The van der Waals surface area contributed by atoms with E-state index in [2.05, 4.69) is 25.7 Å². The van der Waals surface area contributed by atoms with E-state index in [0.717, 1.165) is 11.3 Å². The molecule has 2 aromatic carbocycles. The van der Waals surface area contributed by atoms with E-state index in [1.165, 1.54) is 11.8 Å². The number of tetrazole rings is 1. The minimum absolute atomic E-state index is 0.432. The zero-order chi connectivity index (χ0) is 17.9. The summed E-state index contributed by atoms with van der Waals surface area (Å²) < 4.78 is 7.29. The maximum absolute atomic E-state index is 6.03. The molecule has 0 spiro atoms. The summed E-state index contributed by atoms with van der Waals surface area (Å²) in [6, 6.07) is 14.5. The lowest BCUT2D eigenvalue weighted by atomic mass is 10.2. The van der Waals surface area contributed by atoms with Crippen molar-refractivity contribution in [2.24, 2.45) is 0 Å². The van der Waals surface area contributed by atoms with Gasteiger partial charge in [-0.2, -0.15) is 4.68 Å². The molecule has 0 N–H and O–H groups in total. The highest BCUT2D eigenvalue weighted by Gasteiger charge is 2.13. The van der Waals surface area contributed by atoms with Crippen LogP contribution in [0.15, 0.2) is 58.1 Å².